The van der Waals surface area contributed by atoms with Crippen molar-refractivity contribution < 1.29 is 14.3 Å². The smallest absolute Gasteiger partial charge is 0.239 e. The molecule has 2 unspecified atom stereocenters. The Kier molecular flexibility index (Phi) is 6.18. The number of rotatable bonds is 4. The molecule has 0 radical (unpaired) electrons. The molecule has 0 N–H and O–H groups in total. The molecule has 5 nitrogen and oxygen atoms in total. The van der Waals surface area contributed by atoms with Gasteiger partial charge in [0.15, 0.2) is 0 Å². The molecule has 0 aromatic rings. The predicted molar refractivity (Wildman–Crippen MR) is 81.1 cm³/mol. The van der Waals surface area contributed by atoms with Gasteiger partial charge in [-0.25, -0.2) is 0 Å². The van der Waals surface area contributed by atoms with Crippen molar-refractivity contribution in [3.05, 3.63) is 0 Å². The van der Waals surface area contributed by atoms with Crippen LogP contribution < -0.4 is 0 Å². The lowest BCUT2D eigenvalue weighted by Gasteiger charge is -2.37. The molecule has 2 fully saturated rings. The summed E-state index contributed by atoms with van der Waals surface area (Å²) in [5, 5.41) is 0. The molecule has 0 aliphatic carbocycles. The van der Waals surface area contributed by atoms with Crippen LogP contribution >= 0.6 is 0 Å². The summed E-state index contributed by atoms with van der Waals surface area (Å²) in [5.41, 5.74) is 0. The van der Waals surface area contributed by atoms with Gasteiger partial charge in [-0.1, -0.05) is 12.8 Å². The summed E-state index contributed by atoms with van der Waals surface area (Å²) < 4.78 is 5.32. The summed E-state index contributed by atoms with van der Waals surface area (Å²) in [6.07, 6.45) is 5.08. The molecule has 0 aromatic heterocycles. The molecular weight excluding hydrogens is 268 g/mol. The second-order valence-corrected chi connectivity index (χ2v) is 6.26. The second kappa shape index (κ2) is 7.90. The van der Waals surface area contributed by atoms with Gasteiger partial charge in [0.1, 0.15) is 5.78 Å². The van der Waals surface area contributed by atoms with E-state index in [2.05, 4.69) is 4.90 Å². The van der Waals surface area contributed by atoms with Crippen molar-refractivity contribution in [3.8, 4) is 0 Å². The molecular formula is C16H28N2O3. The zero-order chi connectivity index (χ0) is 15.2. The average Bonchev–Trinajstić information content (AvgIpc) is 2.71. The number of likely N-dealkylation sites (tertiary alicyclic amines) is 1. The highest BCUT2D eigenvalue weighted by molar-refractivity contribution is 5.82. The Hall–Kier alpha value is -0.940. The molecule has 2 heterocycles. The Morgan fingerprint density at radius 1 is 1.14 bits per heavy atom. The van der Waals surface area contributed by atoms with Crippen molar-refractivity contribution in [3.63, 3.8) is 0 Å². The van der Waals surface area contributed by atoms with Gasteiger partial charge in [-0.3, -0.25) is 14.5 Å². The van der Waals surface area contributed by atoms with Crippen LogP contribution in [0.5, 0.6) is 0 Å². The number of carbonyl (C=O) groups is 2. The Balaban J connectivity index is 2.03. The summed E-state index contributed by atoms with van der Waals surface area (Å²) in [5.74, 6) is 0.409. The zero-order valence-corrected chi connectivity index (χ0v) is 13.3. The van der Waals surface area contributed by atoms with Crippen LogP contribution in [-0.4, -0.2) is 66.4 Å². The fourth-order valence-electron chi connectivity index (χ4n) is 3.45. The minimum absolute atomic E-state index is 0.134. The maximum Gasteiger partial charge on any atom is 0.239 e. The van der Waals surface area contributed by atoms with E-state index in [1.165, 1.54) is 6.42 Å². The monoisotopic (exact) mass is 296 g/mol. The normalized spacial score (nSPS) is 26.2. The quantitative estimate of drug-likeness (QED) is 0.788. The van der Waals surface area contributed by atoms with Crippen LogP contribution in [-0.2, 0) is 14.3 Å². The van der Waals surface area contributed by atoms with Crippen molar-refractivity contribution in [1.82, 2.24) is 9.80 Å². The fourth-order valence-corrected chi connectivity index (χ4v) is 3.45. The van der Waals surface area contributed by atoms with E-state index in [4.69, 9.17) is 4.74 Å². The number of hydrogen-bond donors (Lipinski definition) is 0. The molecule has 0 bridgehead atoms. The van der Waals surface area contributed by atoms with Crippen LogP contribution in [0.2, 0.25) is 0 Å². The summed E-state index contributed by atoms with van der Waals surface area (Å²) >= 11 is 0. The Morgan fingerprint density at radius 2 is 1.86 bits per heavy atom. The molecule has 1 amide bonds. The Bertz CT molecular complexity index is 367. The van der Waals surface area contributed by atoms with Crippen LogP contribution in [0.25, 0.3) is 0 Å². The van der Waals surface area contributed by atoms with Crippen molar-refractivity contribution >= 4 is 11.7 Å². The zero-order valence-electron chi connectivity index (χ0n) is 13.3. The van der Waals surface area contributed by atoms with Crippen molar-refractivity contribution in [2.24, 2.45) is 0 Å². The topological polar surface area (TPSA) is 49.9 Å². The number of ether oxygens (including phenoxy) is 1. The summed E-state index contributed by atoms with van der Waals surface area (Å²) in [4.78, 5) is 28.4. The lowest BCUT2D eigenvalue weighted by molar-refractivity contribution is -0.142. The molecule has 0 aromatic carbocycles. The van der Waals surface area contributed by atoms with Gasteiger partial charge in [-0.2, -0.15) is 0 Å². The van der Waals surface area contributed by atoms with Crippen molar-refractivity contribution in [2.75, 3.05) is 32.8 Å². The third-order valence-corrected chi connectivity index (χ3v) is 4.62. The third-order valence-electron chi connectivity index (χ3n) is 4.62. The maximum absolute atomic E-state index is 12.7. The molecule has 21 heavy (non-hydrogen) atoms. The number of amides is 1. The number of nitrogens with zero attached hydrogens (tertiary/aromatic N) is 2. The molecule has 5 heteroatoms. The van der Waals surface area contributed by atoms with E-state index in [-0.39, 0.29) is 23.8 Å². The van der Waals surface area contributed by atoms with Gasteiger partial charge in [0.25, 0.3) is 0 Å². The van der Waals surface area contributed by atoms with E-state index in [0.29, 0.717) is 32.7 Å². The number of ketones is 1. The van der Waals surface area contributed by atoms with Crippen LogP contribution in [0.3, 0.4) is 0 Å². The van der Waals surface area contributed by atoms with E-state index in [1.807, 2.05) is 11.8 Å². The van der Waals surface area contributed by atoms with Crippen LogP contribution in [0.1, 0.15) is 46.0 Å². The minimum atomic E-state index is -0.134. The number of carbonyl (C=O) groups excluding carboxylic acids is 2. The van der Waals surface area contributed by atoms with Crippen LogP contribution in [0, 0.1) is 0 Å². The number of Topliss-reactive ketones (excluding diaryl/α,β-unsaturated/α-hetero) is 1. The van der Waals surface area contributed by atoms with Gasteiger partial charge in [-0.05, 0) is 33.2 Å². The number of hydrogen-bond acceptors (Lipinski definition) is 4. The maximum atomic E-state index is 12.7. The molecule has 120 valence electrons. The van der Waals surface area contributed by atoms with Gasteiger partial charge >= 0.3 is 0 Å². The van der Waals surface area contributed by atoms with E-state index in [1.54, 1.807) is 6.92 Å². The first-order valence-electron chi connectivity index (χ1n) is 8.21. The van der Waals surface area contributed by atoms with Gasteiger partial charge in [0, 0.05) is 25.6 Å². The van der Waals surface area contributed by atoms with Crippen molar-refractivity contribution in [2.45, 2.75) is 58.0 Å². The molecule has 2 aliphatic rings. The first kappa shape index (κ1) is 16.4. The van der Waals surface area contributed by atoms with Gasteiger partial charge < -0.3 is 9.64 Å². The lowest BCUT2D eigenvalue weighted by Crippen LogP contribution is -2.53. The first-order valence-corrected chi connectivity index (χ1v) is 8.21. The fraction of sp³-hybridized carbons (Fsp3) is 0.875. The van der Waals surface area contributed by atoms with E-state index in [0.717, 1.165) is 25.8 Å². The molecule has 2 rings (SSSR count). The lowest BCUT2D eigenvalue weighted by atomic mass is 10.0. The van der Waals surface area contributed by atoms with E-state index < -0.39 is 0 Å². The minimum Gasteiger partial charge on any atom is -0.378 e. The second-order valence-electron chi connectivity index (χ2n) is 6.26. The van der Waals surface area contributed by atoms with Crippen LogP contribution in [0.15, 0.2) is 0 Å². The highest BCUT2D eigenvalue weighted by atomic mass is 16.5. The van der Waals surface area contributed by atoms with Gasteiger partial charge in [0.2, 0.25) is 5.91 Å². The van der Waals surface area contributed by atoms with Gasteiger partial charge in [-0.15, -0.1) is 0 Å². The highest BCUT2D eigenvalue weighted by Crippen LogP contribution is 2.23. The molecule has 0 saturated carbocycles. The summed E-state index contributed by atoms with van der Waals surface area (Å²) in [6.45, 7) is 7.22. The standard InChI is InChI=1S/C16H28N2O3/c1-13(19)12-15-6-4-3-5-7-18(15)14(2)16(20)17-8-10-21-11-9-17/h14-15H,3-12H2,1-2H3. The summed E-state index contributed by atoms with van der Waals surface area (Å²) in [6, 6.07) is 0.0931. The molecule has 2 aliphatic heterocycles. The number of morpholine rings is 1. The summed E-state index contributed by atoms with van der Waals surface area (Å²) in [7, 11) is 0. The Labute approximate surface area is 127 Å². The predicted octanol–water partition coefficient (Wildman–Crippen LogP) is 1.46. The molecule has 2 saturated heterocycles. The molecule has 2 atom stereocenters. The Morgan fingerprint density at radius 3 is 2.52 bits per heavy atom. The largest absolute Gasteiger partial charge is 0.378 e. The highest BCUT2D eigenvalue weighted by Gasteiger charge is 2.32. The first-order chi connectivity index (χ1) is 10.1. The molecule has 0 spiro atoms. The third kappa shape index (κ3) is 4.51. The average molecular weight is 296 g/mol. The van der Waals surface area contributed by atoms with E-state index in [9.17, 15) is 9.59 Å². The van der Waals surface area contributed by atoms with E-state index >= 15 is 0 Å². The van der Waals surface area contributed by atoms with Crippen molar-refractivity contribution in [1.29, 1.82) is 0 Å². The SMILES string of the molecule is CC(=O)CC1CCCCCN1C(C)C(=O)N1CCOCC1. The van der Waals surface area contributed by atoms with Crippen LogP contribution in [0.4, 0.5) is 0 Å². The van der Waals surface area contributed by atoms with Gasteiger partial charge in [0.05, 0.1) is 19.3 Å².